The summed E-state index contributed by atoms with van der Waals surface area (Å²) >= 11 is 0. The Morgan fingerprint density at radius 2 is 2.13 bits per heavy atom. The van der Waals surface area contributed by atoms with Gasteiger partial charge < -0.3 is 10.2 Å². The van der Waals surface area contributed by atoms with E-state index in [1.165, 1.54) is 6.42 Å². The smallest absolute Gasteiger partial charge is 0.242 e. The van der Waals surface area contributed by atoms with Crippen molar-refractivity contribution in [2.75, 3.05) is 13.1 Å². The number of hydrogen-bond acceptors (Lipinski definition) is 2. The molecule has 0 saturated carbocycles. The highest BCUT2D eigenvalue weighted by Gasteiger charge is 2.34. The third-order valence-electron chi connectivity index (χ3n) is 3.22. The standard InChI is InChI=1S/C12H24N2O/c1-5-13-12(3,4)11(15)14-9-7-6-8-10(14)2/h10,13H,5-9H2,1-4H3. The SMILES string of the molecule is CCNC(C)(C)C(=O)N1CCCCC1C. The minimum absolute atomic E-state index is 0.247. The van der Waals surface area contributed by atoms with Gasteiger partial charge in [-0.3, -0.25) is 4.79 Å². The maximum absolute atomic E-state index is 12.3. The van der Waals surface area contributed by atoms with E-state index in [1.54, 1.807) is 0 Å². The van der Waals surface area contributed by atoms with Crippen LogP contribution in [0.25, 0.3) is 0 Å². The first-order valence-electron chi connectivity index (χ1n) is 6.05. The zero-order chi connectivity index (χ0) is 11.5. The molecule has 1 atom stereocenters. The van der Waals surface area contributed by atoms with E-state index in [4.69, 9.17) is 0 Å². The maximum Gasteiger partial charge on any atom is 0.242 e. The molecule has 0 bridgehead atoms. The summed E-state index contributed by atoms with van der Waals surface area (Å²) < 4.78 is 0. The van der Waals surface area contributed by atoms with Gasteiger partial charge in [-0.1, -0.05) is 6.92 Å². The fourth-order valence-electron chi connectivity index (χ4n) is 2.28. The maximum atomic E-state index is 12.3. The number of likely N-dealkylation sites (tertiary alicyclic amines) is 1. The zero-order valence-corrected chi connectivity index (χ0v) is 10.5. The largest absolute Gasteiger partial charge is 0.338 e. The minimum Gasteiger partial charge on any atom is -0.338 e. The summed E-state index contributed by atoms with van der Waals surface area (Å²) in [5.74, 6) is 0.247. The first kappa shape index (κ1) is 12.5. The Hall–Kier alpha value is -0.570. The molecule has 0 radical (unpaired) electrons. The van der Waals surface area contributed by atoms with E-state index < -0.39 is 5.54 Å². The second kappa shape index (κ2) is 4.97. The predicted molar refractivity (Wildman–Crippen MR) is 62.8 cm³/mol. The summed E-state index contributed by atoms with van der Waals surface area (Å²) in [4.78, 5) is 14.3. The lowest BCUT2D eigenvalue weighted by molar-refractivity contribution is -0.140. The van der Waals surface area contributed by atoms with Crippen LogP contribution in [-0.4, -0.2) is 35.5 Å². The quantitative estimate of drug-likeness (QED) is 0.773. The molecule has 1 N–H and O–H groups in total. The van der Waals surface area contributed by atoms with Crippen molar-refractivity contribution in [2.24, 2.45) is 0 Å². The molecule has 0 aromatic rings. The number of carbonyl (C=O) groups excluding carboxylic acids is 1. The summed E-state index contributed by atoms with van der Waals surface area (Å²) in [6.45, 7) is 9.89. The molecule has 3 heteroatoms. The zero-order valence-electron chi connectivity index (χ0n) is 10.5. The van der Waals surface area contributed by atoms with Crippen molar-refractivity contribution in [1.29, 1.82) is 0 Å². The van der Waals surface area contributed by atoms with Gasteiger partial charge in [0.15, 0.2) is 0 Å². The number of hydrogen-bond donors (Lipinski definition) is 1. The molecule has 0 spiro atoms. The summed E-state index contributed by atoms with van der Waals surface area (Å²) in [5.41, 5.74) is -0.416. The van der Waals surface area contributed by atoms with Crippen LogP contribution in [0, 0.1) is 0 Å². The highest BCUT2D eigenvalue weighted by Crippen LogP contribution is 2.20. The Bertz CT molecular complexity index is 226. The van der Waals surface area contributed by atoms with Gasteiger partial charge in [0.25, 0.3) is 0 Å². The van der Waals surface area contributed by atoms with E-state index in [0.717, 1.165) is 25.9 Å². The first-order chi connectivity index (χ1) is 6.99. The number of amides is 1. The molecule has 0 aromatic heterocycles. The molecule has 88 valence electrons. The molecule has 1 unspecified atom stereocenters. The van der Waals surface area contributed by atoms with Crippen molar-refractivity contribution in [2.45, 2.75) is 58.5 Å². The van der Waals surface area contributed by atoms with Crippen molar-refractivity contribution < 1.29 is 4.79 Å². The fraction of sp³-hybridized carbons (Fsp3) is 0.917. The second-order valence-electron chi connectivity index (χ2n) is 5.00. The average Bonchev–Trinajstić information content (AvgIpc) is 2.17. The van der Waals surface area contributed by atoms with Crippen LogP contribution in [0.2, 0.25) is 0 Å². The van der Waals surface area contributed by atoms with Gasteiger partial charge in [0, 0.05) is 12.6 Å². The van der Waals surface area contributed by atoms with Gasteiger partial charge in [-0.2, -0.15) is 0 Å². The minimum atomic E-state index is -0.416. The summed E-state index contributed by atoms with van der Waals surface area (Å²) in [5, 5.41) is 3.25. The molecule has 1 amide bonds. The van der Waals surface area contributed by atoms with Crippen molar-refractivity contribution in [3.63, 3.8) is 0 Å². The van der Waals surface area contributed by atoms with Crippen molar-refractivity contribution in [3.05, 3.63) is 0 Å². The van der Waals surface area contributed by atoms with Crippen molar-refractivity contribution in [1.82, 2.24) is 10.2 Å². The number of likely N-dealkylation sites (N-methyl/N-ethyl adjacent to an activating group) is 1. The lowest BCUT2D eigenvalue weighted by Crippen LogP contribution is -2.57. The van der Waals surface area contributed by atoms with E-state index in [9.17, 15) is 4.79 Å². The molecular formula is C12H24N2O. The third kappa shape index (κ3) is 2.94. The molecule has 1 fully saturated rings. The fourth-order valence-corrected chi connectivity index (χ4v) is 2.28. The number of rotatable bonds is 3. The van der Waals surface area contributed by atoms with E-state index in [1.807, 2.05) is 25.7 Å². The Morgan fingerprint density at radius 1 is 1.47 bits per heavy atom. The lowest BCUT2D eigenvalue weighted by atomic mass is 9.97. The highest BCUT2D eigenvalue weighted by atomic mass is 16.2. The number of carbonyl (C=O) groups is 1. The summed E-state index contributed by atoms with van der Waals surface area (Å²) in [6.07, 6.45) is 3.55. The molecule has 0 aliphatic carbocycles. The van der Waals surface area contributed by atoms with Crippen LogP contribution in [0.5, 0.6) is 0 Å². The van der Waals surface area contributed by atoms with Crippen LogP contribution in [0.4, 0.5) is 0 Å². The van der Waals surface area contributed by atoms with E-state index >= 15 is 0 Å². The molecular weight excluding hydrogens is 188 g/mol. The lowest BCUT2D eigenvalue weighted by Gasteiger charge is -2.39. The Morgan fingerprint density at radius 3 is 2.67 bits per heavy atom. The predicted octanol–water partition coefficient (Wildman–Crippen LogP) is 1.78. The van der Waals surface area contributed by atoms with Crippen LogP contribution in [0.1, 0.15) is 47.0 Å². The van der Waals surface area contributed by atoms with Crippen LogP contribution in [0.15, 0.2) is 0 Å². The molecule has 3 nitrogen and oxygen atoms in total. The van der Waals surface area contributed by atoms with Crippen LogP contribution in [0.3, 0.4) is 0 Å². The van der Waals surface area contributed by atoms with Crippen molar-refractivity contribution >= 4 is 5.91 Å². The molecule has 0 aromatic carbocycles. The van der Waals surface area contributed by atoms with Crippen LogP contribution < -0.4 is 5.32 Å². The van der Waals surface area contributed by atoms with Crippen LogP contribution in [-0.2, 0) is 4.79 Å². The summed E-state index contributed by atoms with van der Waals surface area (Å²) in [6, 6.07) is 0.407. The molecule has 1 saturated heterocycles. The van der Waals surface area contributed by atoms with E-state index in [2.05, 4.69) is 12.2 Å². The Balaban J connectivity index is 2.65. The van der Waals surface area contributed by atoms with Gasteiger partial charge in [0.2, 0.25) is 5.91 Å². The third-order valence-corrected chi connectivity index (χ3v) is 3.22. The van der Waals surface area contributed by atoms with Gasteiger partial charge in [0.05, 0.1) is 5.54 Å². The molecule has 1 aliphatic heterocycles. The summed E-state index contributed by atoms with van der Waals surface area (Å²) in [7, 11) is 0. The normalized spacial score (nSPS) is 22.9. The van der Waals surface area contributed by atoms with Crippen LogP contribution >= 0.6 is 0 Å². The first-order valence-corrected chi connectivity index (χ1v) is 6.05. The van der Waals surface area contributed by atoms with Gasteiger partial charge in [0.1, 0.15) is 0 Å². The molecule has 1 aliphatic rings. The Labute approximate surface area is 93.2 Å². The van der Waals surface area contributed by atoms with Gasteiger partial charge in [-0.15, -0.1) is 0 Å². The number of nitrogens with zero attached hydrogens (tertiary/aromatic N) is 1. The molecule has 15 heavy (non-hydrogen) atoms. The molecule has 1 rings (SSSR count). The second-order valence-corrected chi connectivity index (χ2v) is 5.00. The topological polar surface area (TPSA) is 32.3 Å². The van der Waals surface area contributed by atoms with Gasteiger partial charge in [-0.25, -0.2) is 0 Å². The van der Waals surface area contributed by atoms with E-state index in [0.29, 0.717) is 6.04 Å². The van der Waals surface area contributed by atoms with E-state index in [-0.39, 0.29) is 5.91 Å². The van der Waals surface area contributed by atoms with Crippen molar-refractivity contribution in [3.8, 4) is 0 Å². The average molecular weight is 212 g/mol. The Kier molecular flexibility index (Phi) is 4.14. The highest BCUT2D eigenvalue weighted by molar-refractivity contribution is 5.85. The molecule has 1 heterocycles. The van der Waals surface area contributed by atoms with Gasteiger partial charge >= 0.3 is 0 Å². The number of nitrogens with one attached hydrogen (secondary N) is 1. The van der Waals surface area contributed by atoms with Gasteiger partial charge in [-0.05, 0) is 46.6 Å². The monoisotopic (exact) mass is 212 g/mol. The number of piperidine rings is 1.